The highest BCUT2D eigenvalue weighted by atomic mass is 16.5. The number of hydrogen-bond acceptors (Lipinski definition) is 2. The molecule has 3 aliphatic carbocycles. The second-order valence-corrected chi connectivity index (χ2v) is 9.94. The fourth-order valence-electron chi connectivity index (χ4n) is 5.83. The van der Waals surface area contributed by atoms with Crippen LogP contribution < -0.4 is 5.32 Å². The third kappa shape index (κ3) is 6.51. The van der Waals surface area contributed by atoms with Crippen molar-refractivity contribution < 1.29 is 4.74 Å². The van der Waals surface area contributed by atoms with Gasteiger partial charge in [0.2, 0.25) is 0 Å². The second-order valence-electron chi connectivity index (χ2n) is 9.94. The van der Waals surface area contributed by atoms with Gasteiger partial charge in [0, 0.05) is 12.0 Å². The molecule has 0 radical (unpaired) electrons. The first-order valence-electron chi connectivity index (χ1n) is 13.2. The van der Waals surface area contributed by atoms with E-state index in [9.17, 15) is 0 Å². The lowest BCUT2D eigenvalue weighted by Crippen LogP contribution is -2.41. The Balaban J connectivity index is 1.22. The number of ether oxygens (including phenoxy) is 1. The van der Waals surface area contributed by atoms with Crippen molar-refractivity contribution in [2.24, 2.45) is 17.8 Å². The van der Waals surface area contributed by atoms with E-state index in [0.717, 1.165) is 31.8 Å². The lowest BCUT2D eigenvalue weighted by molar-refractivity contribution is -0.0543. The largest absolute Gasteiger partial charge is 0.385 e. The van der Waals surface area contributed by atoms with Gasteiger partial charge in [-0.15, -0.1) is 6.58 Å². The van der Waals surface area contributed by atoms with Crippen LogP contribution in [0, 0.1) is 17.8 Å². The maximum Gasteiger partial charge on any atom is 0.0824 e. The maximum atomic E-state index is 6.22. The Morgan fingerprint density at radius 2 is 2.06 bits per heavy atom. The molecule has 2 nitrogen and oxygen atoms in total. The molecule has 180 valence electrons. The molecule has 1 saturated heterocycles. The Bertz CT molecular complexity index is 925. The maximum absolute atomic E-state index is 6.22. The predicted octanol–water partition coefficient (Wildman–Crippen LogP) is 7.69. The average Bonchev–Trinajstić information content (AvgIpc) is 3.10. The average molecular weight is 456 g/mol. The smallest absolute Gasteiger partial charge is 0.0824 e. The topological polar surface area (TPSA) is 21.3 Å². The van der Waals surface area contributed by atoms with Crippen LogP contribution in [0.3, 0.4) is 0 Å². The Kier molecular flexibility index (Phi) is 9.21. The van der Waals surface area contributed by atoms with Crippen LogP contribution in [-0.2, 0) is 4.74 Å². The SMILES string of the molecule is C=C/C(=C\C=C\NC(C=C)CCCC1=CCCC2C(CO[C@@H]3C=CC=CC23)C1)C1=CCCC=C1. The number of hydrogen-bond donors (Lipinski definition) is 1. The van der Waals surface area contributed by atoms with Crippen LogP contribution in [0.4, 0.5) is 0 Å². The van der Waals surface area contributed by atoms with Crippen molar-refractivity contribution in [2.75, 3.05) is 6.61 Å². The van der Waals surface area contributed by atoms with Crippen LogP contribution in [0.5, 0.6) is 0 Å². The molecule has 1 N–H and O–H groups in total. The molecule has 0 aromatic carbocycles. The van der Waals surface area contributed by atoms with E-state index < -0.39 is 0 Å². The van der Waals surface area contributed by atoms with Gasteiger partial charge in [-0.05, 0) is 86.6 Å². The molecule has 5 atom stereocenters. The molecule has 0 bridgehead atoms. The highest BCUT2D eigenvalue weighted by Gasteiger charge is 2.39. The van der Waals surface area contributed by atoms with E-state index in [1.54, 1.807) is 5.57 Å². The van der Waals surface area contributed by atoms with E-state index in [1.807, 2.05) is 18.4 Å². The molecule has 0 saturated carbocycles. The van der Waals surface area contributed by atoms with Gasteiger partial charge < -0.3 is 10.1 Å². The van der Waals surface area contributed by atoms with Gasteiger partial charge in [-0.2, -0.15) is 0 Å². The molecule has 34 heavy (non-hydrogen) atoms. The molecule has 4 rings (SSSR count). The van der Waals surface area contributed by atoms with Crippen molar-refractivity contribution in [2.45, 2.75) is 63.5 Å². The summed E-state index contributed by atoms with van der Waals surface area (Å²) in [6.07, 6.45) is 38.2. The third-order valence-electron chi connectivity index (χ3n) is 7.71. The van der Waals surface area contributed by atoms with Crippen molar-refractivity contribution >= 4 is 0 Å². The Morgan fingerprint density at radius 3 is 2.88 bits per heavy atom. The summed E-state index contributed by atoms with van der Waals surface area (Å²) >= 11 is 0. The van der Waals surface area contributed by atoms with Crippen molar-refractivity contribution in [3.8, 4) is 0 Å². The Morgan fingerprint density at radius 1 is 1.15 bits per heavy atom. The van der Waals surface area contributed by atoms with Crippen LogP contribution >= 0.6 is 0 Å². The summed E-state index contributed by atoms with van der Waals surface area (Å²) in [5.41, 5.74) is 4.07. The number of fused-ring (bicyclic) bond motifs is 3. The van der Waals surface area contributed by atoms with Gasteiger partial charge in [-0.25, -0.2) is 0 Å². The van der Waals surface area contributed by atoms with E-state index in [2.05, 4.69) is 79.2 Å². The fraction of sp³-hybridized carbons (Fsp3) is 0.438. The first-order valence-corrected chi connectivity index (χ1v) is 13.2. The van der Waals surface area contributed by atoms with Crippen molar-refractivity contribution in [1.82, 2.24) is 5.32 Å². The minimum Gasteiger partial charge on any atom is -0.385 e. The number of rotatable bonds is 10. The molecule has 4 aliphatic rings. The van der Waals surface area contributed by atoms with Crippen LogP contribution in [0.1, 0.15) is 51.4 Å². The van der Waals surface area contributed by atoms with Crippen molar-refractivity contribution in [1.29, 1.82) is 0 Å². The molecular weight excluding hydrogens is 414 g/mol. The van der Waals surface area contributed by atoms with Crippen LogP contribution in [0.25, 0.3) is 0 Å². The van der Waals surface area contributed by atoms with E-state index in [0.29, 0.717) is 24.0 Å². The summed E-state index contributed by atoms with van der Waals surface area (Å²) < 4.78 is 6.22. The summed E-state index contributed by atoms with van der Waals surface area (Å²) in [5.74, 6) is 2.00. The molecule has 4 unspecified atom stereocenters. The molecule has 0 amide bonds. The predicted molar refractivity (Wildman–Crippen MR) is 145 cm³/mol. The Hall–Kier alpha value is -2.58. The van der Waals surface area contributed by atoms with Gasteiger partial charge in [0.15, 0.2) is 0 Å². The molecule has 0 aromatic rings. The lowest BCUT2D eigenvalue weighted by atomic mass is 9.72. The van der Waals surface area contributed by atoms with Gasteiger partial charge in [0.1, 0.15) is 0 Å². The second kappa shape index (κ2) is 12.8. The summed E-state index contributed by atoms with van der Waals surface area (Å²) in [5, 5.41) is 3.51. The van der Waals surface area contributed by atoms with Gasteiger partial charge >= 0.3 is 0 Å². The van der Waals surface area contributed by atoms with E-state index in [4.69, 9.17) is 4.74 Å². The summed E-state index contributed by atoms with van der Waals surface area (Å²) in [6.45, 7) is 8.93. The summed E-state index contributed by atoms with van der Waals surface area (Å²) in [4.78, 5) is 0. The highest BCUT2D eigenvalue weighted by Crippen LogP contribution is 2.42. The van der Waals surface area contributed by atoms with Crippen molar-refractivity contribution in [3.63, 3.8) is 0 Å². The third-order valence-corrected chi connectivity index (χ3v) is 7.71. The summed E-state index contributed by atoms with van der Waals surface area (Å²) in [6, 6.07) is 0.294. The molecule has 2 heteroatoms. The zero-order chi connectivity index (χ0) is 23.6. The van der Waals surface area contributed by atoms with Gasteiger partial charge in [0.25, 0.3) is 0 Å². The minimum absolute atomic E-state index is 0.294. The quantitative estimate of drug-likeness (QED) is 0.269. The fourth-order valence-corrected chi connectivity index (χ4v) is 5.83. The zero-order valence-electron chi connectivity index (χ0n) is 20.6. The standard InChI is InChI=1S/C32H41NO/c1-3-26(27-15-6-5-7-16-27)17-12-22-33-29(4-2)18-10-13-25-14-11-20-30-28(23-25)24-34-32-21-9-8-19-31(30)32/h3-4,6,8-9,12,14-17,19,21-22,28-33H,1-2,5,7,10-11,13,18,20,23-24H2/b22-12+,26-17+/t28?,29?,30?,31?,32-/m1/s1. The first-order chi connectivity index (χ1) is 16.8. The number of allylic oxidation sites excluding steroid dienone is 12. The van der Waals surface area contributed by atoms with E-state index >= 15 is 0 Å². The summed E-state index contributed by atoms with van der Waals surface area (Å²) in [7, 11) is 0. The van der Waals surface area contributed by atoms with Gasteiger partial charge in [-0.3, -0.25) is 0 Å². The van der Waals surface area contributed by atoms with Crippen LogP contribution in [0.15, 0.2) is 109 Å². The molecule has 1 aliphatic heterocycles. The van der Waals surface area contributed by atoms with Gasteiger partial charge in [0.05, 0.1) is 12.7 Å². The molecular formula is C32H41NO. The monoisotopic (exact) mass is 455 g/mol. The molecule has 0 spiro atoms. The van der Waals surface area contributed by atoms with Crippen LogP contribution in [0.2, 0.25) is 0 Å². The molecule has 1 heterocycles. The first kappa shape index (κ1) is 24.5. The lowest BCUT2D eigenvalue weighted by Gasteiger charge is -2.41. The Labute approximate surface area is 206 Å². The van der Waals surface area contributed by atoms with E-state index in [1.165, 1.54) is 43.3 Å². The molecule has 1 fully saturated rings. The zero-order valence-corrected chi connectivity index (χ0v) is 20.6. The highest BCUT2D eigenvalue weighted by molar-refractivity contribution is 5.48. The van der Waals surface area contributed by atoms with Gasteiger partial charge in [-0.1, -0.05) is 79.0 Å². The van der Waals surface area contributed by atoms with Crippen LogP contribution in [-0.4, -0.2) is 18.8 Å². The molecule has 0 aromatic heterocycles. The number of nitrogens with one attached hydrogen (secondary N) is 1. The van der Waals surface area contributed by atoms with E-state index in [-0.39, 0.29) is 0 Å². The van der Waals surface area contributed by atoms with Crippen molar-refractivity contribution in [3.05, 3.63) is 109 Å². The minimum atomic E-state index is 0.294. The normalized spacial score (nSPS) is 29.5.